The van der Waals surface area contributed by atoms with Crippen molar-refractivity contribution in [3.05, 3.63) is 63.8 Å². The predicted molar refractivity (Wildman–Crippen MR) is 122 cm³/mol. The van der Waals surface area contributed by atoms with E-state index in [4.69, 9.17) is 32.7 Å². The van der Waals surface area contributed by atoms with Crippen LogP contribution in [0.2, 0.25) is 10.0 Å². The van der Waals surface area contributed by atoms with Crippen LogP contribution in [0, 0.1) is 0 Å². The summed E-state index contributed by atoms with van der Waals surface area (Å²) in [4.78, 5) is 12.8. The molecule has 1 aliphatic rings. The molecular formula is C22H19Cl2F3N4O3. The van der Waals surface area contributed by atoms with Gasteiger partial charge in [-0.2, -0.15) is 18.3 Å². The molecule has 0 saturated heterocycles. The highest BCUT2D eigenvalue weighted by Gasteiger charge is 2.48. The lowest BCUT2D eigenvalue weighted by atomic mass is 9.96. The number of nitrogens with zero attached hydrogens (tertiary/aromatic N) is 2. The van der Waals surface area contributed by atoms with Crippen LogP contribution >= 0.6 is 23.2 Å². The maximum Gasteiger partial charge on any atom is 0.410 e. The van der Waals surface area contributed by atoms with Gasteiger partial charge in [-0.25, -0.2) is 4.68 Å². The molecule has 0 unspecified atom stereocenters. The molecule has 1 aromatic heterocycles. The van der Waals surface area contributed by atoms with Gasteiger partial charge in [0.25, 0.3) is 5.91 Å². The molecule has 0 spiro atoms. The number of halogens is 5. The Labute approximate surface area is 202 Å². The highest BCUT2D eigenvalue weighted by atomic mass is 35.5. The van der Waals surface area contributed by atoms with Crippen LogP contribution in [0.5, 0.6) is 11.5 Å². The molecule has 2 atom stereocenters. The van der Waals surface area contributed by atoms with Gasteiger partial charge in [0.1, 0.15) is 10.8 Å². The normalized spacial score (nSPS) is 17.5. The van der Waals surface area contributed by atoms with E-state index in [0.29, 0.717) is 32.5 Å². The van der Waals surface area contributed by atoms with Gasteiger partial charge in [0, 0.05) is 17.1 Å². The first-order valence-electron chi connectivity index (χ1n) is 10.0. The van der Waals surface area contributed by atoms with Crippen molar-refractivity contribution in [1.29, 1.82) is 0 Å². The number of rotatable bonds is 5. The number of amides is 1. The Morgan fingerprint density at radius 3 is 2.53 bits per heavy atom. The van der Waals surface area contributed by atoms with E-state index in [9.17, 15) is 18.0 Å². The first-order valence-corrected chi connectivity index (χ1v) is 10.8. The summed E-state index contributed by atoms with van der Waals surface area (Å²) < 4.78 is 53.2. The van der Waals surface area contributed by atoms with Crippen molar-refractivity contribution in [3.63, 3.8) is 0 Å². The lowest BCUT2D eigenvalue weighted by Gasteiger charge is -2.33. The molecule has 0 bridgehead atoms. The number of hydrogen-bond acceptors (Lipinski definition) is 5. The number of fused-ring (bicyclic) bond motifs is 1. The number of carbonyl (C=O) groups excluding carboxylic acids is 1. The fourth-order valence-electron chi connectivity index (χ4n) is 3.78. The monoisotopic (exact) mass is 514 g/mol. The molecule has 12 heteroatoms. The fraction of sp³-hybridized carbons (Fsp3) is 0.273. The third-order valence-corrected chi connectivity index (χ3v) is 6.00. The van der Waals surface area contributed by atoms with Crippen LogP contribution in [0.3, 0.4) is 0 Å². The highest BCUT2D eigenvalue weighted by molar-refractivity contribution is 6.36. The third kappa shape index (κ3) is 4.60. The maximum atomic E-state index is 14.0. The van der Waals surface area contributed by atoms with Crippen molar-refractivity contribution in [1.82, 2.24) is 9.78 Å². The lowest BCUT2D eigenvalue weighted by molar-refractivity contribution is -0.173. The van der Waals surface area contributed by atoms with E-state index in [1.165, 1.54) is 20.3 Å². The molecule has 0 saturated carbocycles. The second-order valence-electron chi connectivity index (χ2n) is 7.52. The molecule has 3 aromatic rings. The van der Waals surface area contributed by atoms with E-state index in [-0.39, 0.29) is 23.0 Å². The SMILES string of the molecule is COc1ccc([C@@H]2C[C@@H](C(F)(F)F)n3nc(C(=O)Nc4cccc(Cl)c4)c(Cl)c3N2)cc1OC. The number of ether oxygens (including phenoxy) is 2. The molecule has 34 heavy (non-hydrogen) atoms. The minimum Gasteiger partial charge on any atom is -0.493 e. The Hall–Kier alpha value is -3.11. The Balaban J connectivity index is 1.71. The fourth-order valence-corrected chi connectivity index (χ4v) is 4.23. The van der Waals surface area contributed by atoms with Crippen LogP contribution in [0.25, 0.3) is 0 Å². The summed E-state index contributed by atoms with van der Waals surface area (Å²) in [6.45, 7) is 0. The molecule has 0 radical (unpaired) electrons. The van der Waals surface area contributed by atoms with E-state index in [1.807, 2.05) is 0 Å². The molecule has 1 amide bonds. The highest BCUT2D eigenvalue weighted by Crippen LogP contribution is 2.47. The Kier molecular flexibility index (Phi) is 6.55. The molecule has 0 aliphatic carbocycles. The summed E-state index contributed by atoms with van der Waals surface area (Å²) in [5.74, 6) is -0.0552. The predicted octanol–water partition coefficient (Wildman–Crippen LogP) is 6.12. The smallest absolute Gasteiger partial charge is 0.410 e. The number of methoxy groups -OCH3 is 2. The second kappa shape index (κ2) is 9.27. The first kappa shape index (κ1) is 24.0. The van der Waals surface area contributed by atoms with Gasteiger partial charge >= 0.3 is 6.18 Å². The zero-order chi connectivity index (χ0) is 24.6. The van der Waals surface area contributed by atoms with Gasteiger partial charge in [0.05, 0.1) is 20.3 Å². The second-order valence-corrected chi connectivity index (χ2v) is 8.34. The van der Waals surface area contributed by atoms with Crippen molar-refractivity contribution in [3.8, 4) is 11.5 Å². The van der Waals surface area contributed by atoms with E-state index < -0.39 is 24.2 Å². The number of aromatic nitrogens is 2. The van der Waals surface area contributed by atoms with Crippen LogP contribution < -0.4 is 20.1 Å². The molecule has 2 aromatic carbocycles. The molecule has 0 fully saturated rings. The van der Waals surface area contributed by atoms with E-state index in [2.05, 4.69) is 15.7 Å². The van der Waals surface area contributed by atoms with Gasteiger partial charge in [-0.1, -0.05) is 35.3 Å². The summed E-state index contributed by atoms with van der Waals surface area (Å²) in [5, 5.41) is 9.62. The van der Waals surface area contributed by atoms with Crippen molar-refractivity contribution in [2.24, 2.45) is 0 Å². The summed E-state index contributed by atoms with van der Waals surface area (Å²) in [5.41, 5.74) is 0.537. The molecule has 4 rings (SSSR count). The van der Waals surface area contributed by atoms with Gasteiger partial charge in [0.15, 0.2) is 23.2 Å². The molecular weight excluding hydrogens is 496 g/mol. The quantitative estimate of drug-likeness (QED) is 0.428. The summed E-state index contributed by atoms with van der Waals surface area (Å²) in [6, 6.07) is 8.36. The third-order valence-electron chi connectivity index (χ3n) is 5.40. The first-order chi connectivity index (χ1) is 16.1. The van der Waals surface area contributed by atoms with Gasteiger partial charge in [-0.15, -0.1) is 0 Å². The van der Waals surface area contributed by atoms with E-state index >= 15 is 0 Å². The van der Waals surface area contributed by atoms with Gasteiger partial charge in [-0.05, 0) is 35.9 Å². The van der Waals surface area contributed by atoms with E-state index in [1.54, 1.807) is 36.4 Å². The summed E-state index contributed by atoms with van der Waals surface area (Å²) in [7, 11) is 2.90. The van der Waals surface area contributed by atoms with Crippen LogP contribution in [0.4, 0.5) is 24.7 Å². The average molecular weight is 515 g/mol. The minimum atomic E-state index is -4.64. The van der Waals surface area contributed by atoms with Crippen molar-refractivity contribution >= 4 is 40.6 Å². The minimum absolute atomic E-state index is 0.105. The molecule has 2 heterocycles. The van der Waals surface area contributed by atoms with Gasteiger partial charge in [-0.3, -0.25) is 4.79 Å². The Morgan fingerprint density at radius 1 is 1.15 bits per heavy atom. The van der Waals surface area contributed by atoms with Crippen LogP contribution in [-0.2, 0) is 0 Å². The van der Waals surface area contributed by atoms with Gasteiger partial charge in [0.2, 0.25) is 0 Å². The Morgan fingerprint density at radius 2 is 1.88 bits per heavy atom. The molecule has 180 valence electrons. The lowest BCUT2D eigenvalue weighted by Crippen LogP contribution is -2.35. The van der Waals surface area contributed by atoms with Gasteiger partial charge < -0.3 is 20.1 Å². The largest absolute Gasteiger partial charge is 0.493 e. The van der Waals surface area contributed by atoms with Crippen LogP contribution in [0.1, 0.15) is 34.6 Å². The zero-order valence-corrected chi connectivity index (χ0v) is 19.4. The number of nitrogens with one attached hydrogen (secondary N) is 2. The van der Waals surface area contributed by atoms with E-state index in [0.717, 1.165) is 0 Å². The Bertz CT molecular complexity index is 1230. The van der Waals surface area contributed by atoms with Crippen molar-refractivity contribution in [2.45, 2.75) is 24.7 Å². The standard InChI is InChI=1S/C22H19Cl2F3N4O3/c1-33-15-7-6-11(8-16(15)34-2)14-10-17(22(25,26)27)31-20(29-14)18(24)19(30-31)21(32)28-13-5-3-4-12(23)9-13/h3-9,14,17,29H,10H2,1-2H3,(H,28,32)/t14-,17-/m0/s1. The average Bonchev–Trinajstić information content (AvgIpc) is 3.13. The summed E-state index contributed by atoms with van der Waals surface area (Å²) in [6.07, 6.45) is -5.01. The molecule has 7 nitrogen and oxygen atoms in total. The number of carbonyl (C=O) groups is 1. The van der Waals surface area contributed by atoms with Crippen molar-refractivity contribution < 1.29 is 27.4 Å². The topological polar surface area (TPSA) is 77.4 Å². The molecule has 2 N–H and O–H groups in total. The molecule has 1 aliphatic heterocycles. The number of hydrogen-bond donors (Lipinski definition) is 2. The van der Waals surface area contributed by atoms with Crippen LogP contribution in [0.15, 0.2) is 42.5 Å². The zero-order valence-electron chi connectivity index (χ0n) is 17.9. The summed E-state index contributed by atoms with van der Waals surface area (Å²) >= 11 is 12.3. The van der Waals surface area contributed by atoms with Crippen LogP contribution in [-0.4, -0.2) is 36.1 Å². The number of alkyl halides is 3. The number of benzene rings is 2. The number of anilines is 2. The van der Waals surface area contributed by atoms with Crippen molar-refractivity contribution in [2.75, 3.05) is 24.9 Å². The maximum absolute atomic E-state index is 14.0.